The summed E-state index contributed by atoms with van der Waals surface area (Å²) < 4.78 is 0. The molecule has 5 aliphatic rings. The van der Waals surface area contributed by atoms with Crippen molar-refractivity contribution in [1.29, 1.82) is 0 Å². The lowest BCUT2D eigenvalue weighted by molar-refractivity contribution is -0.204. The maximum atomic E-state index is 13.5. The number of allylic oxidation sites excluding steroid dienone is 1. The molecule has 8 atom stereocenters. The monoisotopic (exact) mass is 470 g/mol. The number of carboxylic acids is 1. The first-order valence-electron chi connectivity index (χ1n) is 13.8. The summed E-state index contributed by atoms with van der Waals surface area (Å²) in [6.45, 7) is 13.6. The van der Waals surface area contributed by atoms with E-state index in [0.717, 1.165) is 44.9 Å². The van der Waals surface area contributed by atoms with Gasteiger partial charge in [0.25, 0.3) is 0 Å². The molecule has 0 heterocycles. The Labute approximate surface area is 206 Å². The molecule has 0 aromatic rings. The van der Waals surface area contributed by atoms with E-state index in [1.807, 2.05) is 6.92 Å². The summed E-state index contributed by atoms with van der Waals surface area (Å²) in [4.78, 5) is 26.4. The van der Waals surface area contributed by atoms with Crippen LogP contribution in [0.25, 0.3) is 0 Å². The van der Waals surface area contributed by atoms with Gasteiger partial charge in [-0.05, 0) is 97.2 Å². The highest BCUT2D eigenvalue weighted by atomic mass is 16.4. The van der Waals surface area contributed by atoms with Gasteiger partial charge in [0.05, 0.1) is 17.4 Å². The van der Waals surface area contributed by atoms with Gasteiger partial charge < -0.3 is 10.2 Å². The number of carboxylic acid groups (broad SMARTS) is 1. The van der Waals surface area contributed by atoms with Crippen molar-refractivity contribution in [3.8, 4) is 0 Å². The molecule has 190 valence electrons. The molecule has 0 saturated heterocycles. The van der Waals surface area contributed by atoms with E-state index in [1.165, 1.54) is 18.4 Å². The predicted molar refractivity (Wildman–Crippen MR) is 133 cm³/mol. The molecule has 2 N–H and O–H groups in total. The molecular formula is C30H46O4. The highest BCUT2D eigenvalue weighted by Gasteiger charge is 2.72. The van der Waals surface area contributed by atoms with Gasteiger partial charge in [0, 0.05) is 6.42 Å². The third-order valence-electron chi connectivity index (χ3n) is 12.8. The second-order valence-electron chi connectivity index (χ2n) is 14.7. The molecule has 8 unspecified atom stereocenters. The van der Waals surface area contributed by atoms with Gasteiger partial charge >= 0.3 is 5.97 Å². The van der Waals surface area contributed by atoms with E-state index in [2.05, 4.69) is 40.7 Å². The van der Waals surface area contributed by atoms with Gasteiger partial charge in [-0.1, -0.05) is 53.2 Å². The maximum Gasteiger partial charge on any atom is 0.314 e. The van der Waals surface area contributed by atoms with E-state index in [4.69, 9.17) is 0 Å². The molecule has 0 spiro atoms. The van der Waals surface area contributed by atoms with Crippen LogP contribution in [0.3, 0.4) is 0 Å². The van der Waals surface area contributed by atoms with Crippen LogP contribution in [0.15, 0.2) is 11.6 Å². The Hall–Kier alpha value is -1.16. The van der Waals surface area contributed by atoms with Crippen molar-refractivity contribution in [3.05, 3.63) is 11.6 Å². The summed E-state index contributed by atoms with van der Waals surface area (Å²) >= 11 is 0. The number of hydrogen-bond acceptors (Lipinski definition) is 3. The molecule has 0 radical (unpaired) electrons. The molecule has 5 rings (SSSR count). The number of hydrogen-bond donors (Lipinski definition) is 2. The van der Waals surface area contributed by atoms with Gasteiger partial charge in [0.1, 0.15) is 5.78 Å². The van der Waals surface area contributed by atoms with Crippen molar-refractivity contribution in [2.24, 2.45) is 50.2 Å². The van der Waals surface area contributed by atoms with Crippen molar-refractivity contribution < 1.29 is 19.8 Å². The minimum atomic E-state index is -0.807. The molecule has 34 heavy (non-hydrogen) atoms. The molecule has 4 saturated carbocycles. The molecule has 0 aromatic heterocycles. The normalized spacial score (nSPS) is 51.9. The minimum Gasteiger partial charge on any atom is -0.481 e. The minimum absolute atomic E-state index is 0.101. The van der Waals surface area contributed by atoms with E-state index in [-0.39, 0.29) is 45.9 Å². The fraction of sp³-hybridized carbons (Fsp3) is 0.867. The zero-order valence-corrected chi connectivity index (χ0v) is 22.3. The van der Waals surface area contributed by atoms with E-state index < -0.39 is 16.8 Å². The SMILES string of the molecule is CC1(C)CCC2(C)CCC3(C(=O)O)C(=CCC4C5(C)CCC(=O)C(C)(CO)C5CCC43C)C2C1. The topological polar surface area (TPSA) is 74.6 Å². The van der Waals surface area contributed by atoms with Crippen LogP contribution >= 0.6 is 0 Å². The number of aliphatic hydroxyl groups is 1. The zero-order valence-electron chi connectivity index (χ0n) is 22.3. The summed E-state index contributed by atoms with van der Waals surface area (Å²) in [5.41, 5.74) is -0.258. The van der Waals surface area contributed by atoms with Crippen LogP contribution in [0.5, 0.6) is 0 Å². The Morgan fingerprint density at radius 2 is 1.65 bits per heavy atom. The quantitative estimate of drug-likeness (QED) is 0.457. The van der Waals surface area contributed by atoms with Crippen LogP contribution in [-0.2, 0) is 9.59 Å². The average Bonchev–Trinajstić information content (AvgIpc) is 2.76. The van der Waals surface area contributed by atoms with E-state index in [9.17, 15) is 19.8 Å². The van der Waals surface area contributed by atoms with Crippen LogP contribution in [0.4, 0.5) is 0 Å². The molecule has 0 bridgehead atoms. The van der Waals surface area contributed by atoms with E-state index >= 15 is 0 Å². The molecule has 4 fully saturated rings. The molecule has 4 heteroatoms. The number of aliphatic hydroxyl groups excluding tert-OH is 1. The lowest BCUT2D eigenvalue weighted by atomic mass is 9.33. The number of carbonyl (C=O) groups is 2. The Balaban J connectivity index is 1.65. The van der Waals surface area contributed by atoms with E-state index in [1.54, 1.807) is 0 Å². The Bertz CT molecular complexity index is 949. The van der Waals surface area contributed by atoms with Gasteiger partial charge in [-0.2, -0.15) is 0 Å². The summed E-state index contributed by atoms with van der Waals surface area (Å²) in [5, 5.41) is 21.4. The molecular weight excluding hydrogens is 424 g/mol. The molecule has 0 aromatic carbocycles. The fourth-order valence-electron chi connectivity index (χ4n) is 10.5. The van der Waals surface area contributed by atoms with Gasteiger partial charge in [-0.25, -0.2) is 0 Å². The van der Waals surface area contributed by atoms with Gasteiger partial charge in [-0.15, -0.1) is 0 Å². The van der Waals surface area contributed by atoms with Gasteiger partial charge in [0.2, 0.25) is 0 Å². The average molecular weight is 471 g/mol. The summed E-state index contributed by atoms with van der Waals surface area (Å²) in [6.07, 6.45) is 11.5. The molecule has 0 aliphatic heterocycles. The van der Waals surface area contributed by atoms with Crippen LogP contribution in [-0.4, -0.2) is 28.6 Å². The van der Waals surface area contributed by atoms with Crippen LogP contribution in [0.1, 0.15) is 106 Å². The Morgan fingerprint density at radius 3 is 2.29 bits per heavy atom. The first-order valence-corrected chi connectivity index (χ1v) is 13.8. The van der Waals surface area contributed by atoms with E-state index in [0.29, 0.717) is 12.3 Å². The second-order valence-corrected chi connectivity index (χ2v) is 14.7. The van der Waals surface area contributed by atoms with Crippen LogP contribution in [0.2, 0.25) is 0 Å². The lowest BCUT2D eigenvalue weighted by Crippen LogP contribution is -2.67. The van der Waals surface area contributed by atoms with Crippen molar-refractivity contribution in [2.45, 2.75) is 106 Å². The zero-order chi connectivity index (χ0) is 24.9. The van der Waals surface area contributed by atoms with Gasteiger partial charge in [0.15, 0.2) is 0 Å². The highest BCUT2D eigenvalue weighted by molar-refractivity contribution is 5.86. The predicted octanol–water partition coefficient (Wildman–Crippen LogP) is 6.41. The second kappa shape index (κ2) is 7.20. The van der Waals surface area contributed by atoms with Gasteiger partial charge in [-0.3, -0.25) is 9.59 Å². The standard InChI is InChI=1S/C30H46O4/c1-25(2)13-14-26(3)15-16-30(24(33)34)19(20(26)17-25)7-8-22-27(4)11-10-23(32)28(5,18-31)21(27)9-12-29(22,30)6/h7,20-22,31H,8-18H2,1-6H3,(H,33,34). The number of rotatable bonds is 2. The van der Waals surface area contributed by atoms with Crippen molar-refractivity contribution in [2.75, 3.05) is 6.61 Å². The number of carbonyl (C=O) groups excluding carboxylic acids is 1. The number of fused-ring (bicyclic) bond motifs is 7. The summed E-state index contributed by atoms with van der Waals surface area (Å²) in [5.74, 6) is 0.264. The van der Waals surface area contributed by atoms with Crippen LogP contribution < -0.4 is 0 Å². The maximum absolute atomic E-state index is 13.5. The van der Waals surface area contributed by atoms with Crippen molar-refractivity contribution in [3.63, 3.8) is 0 Å². The third kappa shape index (κ3) is 2.81. The molecule has 4 nitrogen and oxygen atoms in total. The third-order valence-corrected chi connectivity index (χ3v) is 12.8. The van der Waals surface area contributed by atoms with Crippen molar-refractivity contribution in [1.82, 2.24) is 0 Å². The fourth-order valence-corrected chi connectivity index (χ4v) is 10.5. The largest absolute Gasteiger partial charge is 0.481 e. The number of Topliss-reactive ketones (excluding diaryl/α,β-unsaturated/α-hetero) is 1. The summed E-state index contributed by atoms with van der Waals surface area (Å²) in [6, 6.07) is 0. The number of ketones is 1. The summed E-state index contributed by atoms with van der Waals surface area (Å²) in [7, 11) is 0. The molecule has 0 amide bonds. The first-order chi connectivity index (χ1) is 15.7. The van der Waals surface area contributed by atoms with Crippen LogP contribution in [0, 0.1) is 50.2 Å². The molecule has 5 aliphatic carbocycles. The smallest absolute Gasteiger partial charge is 0.314 e. The lowest BCUT2D eigenvalue weighted by Gasteiger charge is -2.70. The van der Waals surface area contributed by atoms with Crippen molar-refractivity contribution >= 4 is 11.8 Å². The number of aliphatic carboxylic acids is 1. The Kier molecular flexibility index (Phi) is 5.20. The Morgan fingerprint density at radius 1 is 0.971 bits per heavy atom. The highest BCUT2D eigenvalue weighted by Crippen LogP contribution is 2.75. The first kappa shape index (κ1) is 24.5.